The molecule has 0 bridgehead atoms. The van der Waals surface area contributed by atoms with E-state index >= 15 is 0 Å². The summed E-state index contributed by atoms with van der Waals surface area (Å²) in [6.45, 7) is 8.54. The Morgan fingerprint density at radius 3 is 2.20 bits per heavy atom. The van der Waals surface area contributed by atoms with Gasteiger partial charge in [0.2, 0.25) is 0 Å². The molecule has 4 nitrogen and oxygen atoms in total. The Hall–Kier alpha value is -0.610. The number of carboxylic acid groups (broad SMARTS) is 1. The van der Waals surface area contributed by atoms with Gasteiger partial charge in [-0.25, -0.2) is 0 Å². The number of hydrogen-bond acceptors (Lipinski definition) is 3. The third kappa shape index (κ3) is 4.62. The summed E-state index contributed by atoms with van der Waals surface area (Å²) < 4.78 is 0. The van der Waals surface area contributed by atoms with Gasteiger partial charge < -0.3 is 15.7 Å². The monoisotopic (exact) mass is 216 g/mol. The summed E-state index contributed by atoms with van der Waals surface area (Å²) >= 11 is 0. The molecule has 15 heavy (non-hydrogen) atoms. The first-order valence-electron chi connectivity index (χ1n) is 5.82. The zero-order valence-electron chi connectivity index (χ0n) is 10.1. The molecule has 0 aliphatic heterocycles. The van der Waals surface area contributed by atoms with Gasteiger partial charge in [-0.3, -0.25) is 4.79 Å². The molecule has 0 aromatic carbocycles. The molecule has 3 N–H and O–H groups in total. The average Bonchev–Trinajstić information content (AvgIpc) is 2.23. The van der Waals surface area contributed by atoms with E-state index in [0.29, 0.717) is 12.8 Å². The van der Waals surface area contributed by atoms with Crippen LogP contribution in [0.1, 0.15) is 40.0 Å². The molecule has 0 amide bonds. The van der Waals surface area contributed by atoms with Crippen LogP contribution in [-0.4, -0.2) is 36.2 Å². The smallest absolute Gasteiger partial charge is 0.323 e. The molecule has 0 spiro atoms. The van der Waals surface area contributed by atoms with E-state index in [1.54, 1.807) is 0 Å². The molecule has 0 rings (SSSR count). The van der Waals surface area contributed by atoms with Gasteiger partial charge >= 0.3 is 5.97 Å². The van der Waals surface area contributed by atoms with E-state index < -0.39 is 11.5 Å². The zero-order valence-corrected chi connectivity index (χ0v) is 10.1. The molecule has 90 valence electrons. The van der Waals surface area contributed by atoms with Crippen LogP contribution in [0.25, 0.3) is 0 Å². The van der Waals surface area contributed by atoms with Crippen molar-refractivity contribution in [2.75, 3.05) is 19.6 Å². The largest absolute Gasteiger partial charge is 0.480 e. The molecule has 4 heteroatoms. The van der Waals surface area contributed by atoms with Crippen molar-refractivity contribution in [1.82, 2.24) is 10.6 Å². The first-order valence-corrected chi connectivity index (χ1v) is 5.82. The van der Waals surface area contributed by atoms with Gasteiger partial charge in [-0.15, -0.1) is 0 Å². The van der Waals surface area contributed by atoms with E-state index in [1.165, 1.54) is 0 Å². The van der Waals surface area contributed by atoms with E-state index in [-0.39, 0.29) is 0 Å². The summed E-state index contributed by atoms with van der Waals surface area (Å²) in [5, 5.41) is 15.5. The molecule has 0 saturated heterocycles. The van der Waals surface area contributed by atoms with Gasteiger partial charge in [-0.2, -0.15) is 0 Å². The lowest BCUT2D eigenvalue weighted by molar-refractivity contribution is -0.145. The first-order chi connectivity index (χ1) is 7.13. The quantitative estimate of drug-likeness (QED) is 0.507. The Kier molecular flexibility index (Phi) is 7.34. The molecule has 0 atom stereocenters. The topological polar surface area (TPSA) is 61.4 Å². The fourth-order valence-electron chi connectivity index (χ4n) is 1.60. The minimum Gasteiger partial charge on any atom is -0.480 e. The van der Waals surface area contributed by atoms with Crippen molar-refractivity contribution in [1.29, 1.82) is 0 Å². The molecule has 0 aliphatic rings. The molecule has 0 saturated carbocycles. The number of rotatable bonds is 9. The van der Waals surface area contributed by atoms with E-state index in [0.717, 1.165) is 26.1 Å². The van der Waals surface area contributed by atoms with Crippen LogP contribution >= 0.6 is 0 Å². The molecule has 0 radical (unpaired) electrons. The molecule has 0 heterocycles. The Balaban J connectivity index is 3.91. The van der Waals surface area contributed by atoms with E-state index in [9.17, 15) is 4.79 Å². The number of carboxylic acids is 1. The highest BCUT2D eigenvalue weighted by Gasteiger charge is 2.33. The van der Waals surface area contributed by atoms with Crippen LogP contribution < -0.4 is 10.6 Å². The van der Waals surface area contributed by atoms with Gasteiger partial charge in [-0.1, -0.05) is 20.8 Å². The molecular weight excluding hydrogens is 192 g/mol. The van der Waals surface area contributed by atoms with Crippen LogP contribution in [0.4, 0.5) is 0 Å². The van der Waals surface area contributed by atoms with Crippen LogP contribution in [0.5, 0.6) is 0 Å². The van der Waals surface area contributed by atoms with Crippen molar-refractivity contribution in [3.63, 3.8) is 0 Å². The predicted octanol–water partition coefficient (Wildman–Crippen LogP) is 1.22. The van der Waals surface area contributed by atoms with Crippen LogP contribution in [0, 0.1) is 0 Å². The third-order valence-corrected chi connectivity index (χ3v) is 2.86. The van der Waals surface area contributed by atoms with Gasteiger partial charge in [0, 0.05) is 0 Å². The number of hydrogen-bond donors (Lipinski definition) is 3. The highest BCUT2D eigenvalue weighted by Crippen LogP contribution is 2.14. The van der Waals surface area contributed by atoms with Crippen molar-refractivity contribution < 1.29 is 9.90 Å². The van der Waals surface area contributed by atoms with E-state index in [2.05, 4.69) is 17.6 Å². The number of carbonyl (C=O) groups is 1. The first kappa shape index (κ1) is 14.4. The van der Waals surface area contributed by atoms with Crippen molar-refractivity contribution in [2.24, 2.45) is 0 Å². The highest BCUT2D eigenvalue weighted by molar-refractivity contribution is 5.78. The molecular formula is C11H24N2O2. The Labute approximate surface area is 92.4 Å². The van der Waals surface area contributed by atoms with Crippen LogP contribution in [-0.2, 0) is 4.79 Å². The zero-order chi connectivity index (χ0) is 11.7. The standard InChI is InChI=1S/C11H24N2O2/c1-4-11(5-2,10(14)15)13-9-7-8-12-6-3/h12-13H,4-9H2,1-3H3,(H,14,15). The Bertz CT molecular complexity index is 179. The van der Waals surface area contributed by atoms with Gasteiger partial charge in [-0.05, 0) is 38.9 Å². The second kappa shape index (κ2) is 7.65. The molecule has 0 aromatic rings. The lowest BCUT2D eigenvalue weighted by atomic mass is 9.93. The summed E-state index contributed by atoms with van der Waals surface area (Å²) in [6, 6.07) is 0. The molecule has 0 aromatic heterocycles. The lowest BCUT2D eigenvalue weighted by Gasteiger charge is -2.28. The minimum atomic E-state index is -0.740. The van der Waals surface area contributed by atoms with Gasteiger partial charge in [0.15, 0.2) is 0 Å². The maximum absolute atomic E-state index is 11.1. The predicted molar refractivity (Wildman–Crippen MR) is 62.1 cm³/mol. The average molecular weight is 216 g/mol. The summed E-state index contributed by atoms with van der Waals surface area (Å²) in [4.78, 5) is 11.1. The Morgan fingerprint density at radius 1 is 1.20 bits per heavy atom. The molecule has 0 aliphatic carbocycles. The molecule has 0 unspecified atom stereocenters. The summed E-state index contributed by atoms with van der Waals surface area (Å²) in [5.74, 6) is -0.740. The van der Waals surface area contributed by atoms with E-state index in [4.69, 9.17) is 5.11 Å². The van der Waals surface area contributed by atoms with Crippen molar-refractivity contribution in [3.8, 4) is 0 Å². The van der Waals surface area contributed by atoms with Gasteiger partial charge in [0.05, 0.1) is 0 Å². The van der Waals surface area contributed by atoms with E-state index in [1.807, 2.05) is 13.8 Å². The lowest BCUT2D eigenvalue weighted by Crippen LogP contribution is -2.51. The van der Waals surface area contributed by atoms with Gasteiger partial charge in [0.1, 0.15) is 5.54 Å². The highest BCUT2D eigenvalue weighted by atomic mass is 16.4. The summed E-state index contributed by atoms with van der Waals surface area (Å²) in [6.07, 6.45) is 2.21. The normalized spacial score (nSPS) is 11.7. The maximum Gasteiger partial charge on any atom is 0.323 e. The Morgan fingerprint density at radius 2 is 1.80 bits per heavy atom. The molecule has 0 fully saturated rings. The van der Waals surface area contributed by atoms with Crippen molar-refractivity contribution in [2.45, 2.75) is 45.6 Å². The van der Waals surface area contributed by atoms with Crippen molar-refractivity contribution in [3.05, 3.63) is 0 Å². The fourth-order valence-corrected chi connectivity index (χ4v) is 1.60. The van der Waals surface area contributed by atoms with Crippen LogP contribution in [0.15, 0.2) is 0 Å². The second-order valence-electron chi connectivity index (χ2n) is 3.73. The van der Waals surface area contributed by atoms with Crippen molar-refractivity contribution >= 4 is 5.97 Å². The second-order valence-corrected chi connectivity index (χ2v) is 3.73. The van der Waals surface area contributed by atoms with Crippen LogP contribution in [0.3, 0.4) is 0 Å². The number of aliphatic carboxylic acids is 1. The third-order valence-electron chi connectivity index (χ3n) is 2.86. The van der Waals surface area contributed by atoms with Gasteiger partial charge in [0.25, 0.3) is 0 Å². The minimum absolute atomic E-state index is 0.625. The summed E-state index contributed by atoms with van der Waals surface area (Å²) in [7, 11) is 0. The van der Waals surface area contributed by atoms with Crippen LogP contribution in [0.2, 0.25) is 0 Å². The maximum atomic E-state index is 11.1. The summed E-state index contributed by atoms with van der Waals surface area (Å²) in [5.41, 5.74) is -0.730. The SMILES string of the molecule is CCNCCCNC(CC)(CC)C(=O)O. The number of nitrogens with one attached hydrogen (secondary N) is 2. The fraction of sp³-hybridized carbons (Fsp3) is 0.909.